The molecule has 0 radical (unpaired) electrons. The first-order valence-corrected chi connectivity index (χ1v) is 7.03. The summed E-state index contributed by atoms with van der Waals surface area (Å²) in [6.07, 6.45) is 6.24. The van der Waals surface area contributed by atoms with Crippen molar-refractivity contribution < 1.29 is 4.74 Å². The molecule has 0 aliphatic heterocycles. The Kier molecular flexibility index (Phi) is 6.39. The van der Waals surface area contributed by atoms with Gasteiger partial charge in [-0.1, -0.05) is 30.3 Å². The van der Waals surface area contributed by atoms with E-state index < -0.39 is 0 Å². The summed E-state index contributed by atoms with van der Waals surface area (Å²) in [6.45, 7) is 8.13. The number of nitrogens with one attached hydrogen (secondary N) is 1. The van der Waals surface area contributed by atoms with Crippen LogP contribution in [0.4, 0.5) is 11.8 Å². The van der Waals surface area contributed by atoms with Gasteiger partial charge < -0.3 is 21.5 Å². The van der Waals surface area contributed by atoms with E-state index in [-0.39, 0.29) is 11.5 Å². The third-order valence-electron chi connectivity index (χ3n) is 2.75. The lowest BCUT2D eigenvalue weighted by molar-refractivity contribution is 0.158. The normalized spacial score (nSPS) is 13.1. The van der Waals surface area contributed by atoms with Crippen LogP contribution in [0, 0.1) is 0 Å². The minimum Gasteiger partial charge on any atom is -0.403 e. The highest BCUT2D eigenvalue weighted by Crippen LogP contribution is 2.31. The number of aromatic nitrogens is 2. The molecule has 0 saturated heterocycles. The Morgan fingerprint density at radius 1 is 1.55 bits per heavy atom. The number of halogens is 1. The Morgan fingerprint density at radius 2 is 2.23 bits per heavy atom. The molecule has 1 aromatic heterocycles. The molecule has 0 unspecified atom stereocenters. The Bertz CT molecular complexity index is 596. The fourth-order valence-electron chi connectivity index (χ4n) is 1.91. The van der Waals surface area contributed by atoms with E-state index in [0.29, 0.717) is 28.6 Å². The molecule has 0 aromatic carbocycles. The summed E-state index contributed by atoms with van der Waals surface area (Å²) in [4.78, 5) is 8.29. The molecule has 1 rings (SSSR count). The van der Waals surface area contributed by atoms with Crippen LogP contribution in [-0.4, -0.2) is 29.2 Å². The summed E-state index contributed by atoms with van der Waals surface area (Å²) in [5, 5.41) is 3.65. The van der Waals surface area contributed by atoms with Crippen LogP contribution in [0.3, 0.4) is 0 Å². The van der Waals surface area contributed by atoms with Gasteiger partial charge in [-0.05, 0) is 13.8 Å². The van der Waals surface area contributed by atoms with Crippen LogP contribution in [0.5, 0.6) is 0 Å². The average Bonchev–Trinajstić information content (AvgIpc) is 2.44. The van der Waals surface area contributed by atoms with E-state index >= 15 is 0 Å². The minimum atomic E-state index is -0.359. The van der Waals surface area contributed by atoms with Gasteiger partial charge in [0, 0.05) is 30.6 Å². The van der Waals surface area contributed by atoms with E-state index in [1.165, 1.54) is 6.20 Å². The van der Waals surface area contributed by atoms with Crippen molar-refractivity contribution in [3.63, 3.8) is 0 Å². The number of hydrogen-bond donors (Lipinski definition) is 3. The predicted molar refractivity (Wildman–Crippen MR) is 92.3 cm³/mol. The van der Waals surface area contributed by atoms with Gasteiger partial charge in [-0.25, -0.2) is 4.98 Å². The summed E-state index contributed by atoms with van der Waals surface area (Å²) in [5.74, 6) is 0.702. The molecule has 0 aliphatic carbocycles. The summed E-state index contributed by atoms with van der Waals surface area (Å²) >= 11 is 6.17. The van der Waals surface area contributed by atoms with E-state index in [0.717, 1.165) is 0 Å². The van der Waals surface area contributed by atoms with Gasteiger partial charge in [0.2, 0.25) is 5.95 Å². The molecular weight excluding hydrogens is 302 g/mol. The highest BCUT2D eigenvalue weighted by molar-refractivity contribution is 6.37. The lowest BCUT2D eigenvalue weighted by Crippen LogP contribution is -2.36. The Labute approximate surface area is 135 Å². The van der Waals surface area contributed by atoms with Crippen molar-refractivity contribution in [2.45, 2.75) is 19.4 Å². The molecule has 0 atom stereocenters. The van der Waals surface area contributed by atoms with Crippen LogP contribution in [0.15, 0.2) is 36.2 Å². The molecule has 0 bridgehead atoms. The zero-order valence-corrected chi connectivity index (χ0v) is 13.8. The molecule has 0 fully saturated rings. The predicted octanol–water partition coefficient (Wildman–Crippen LogP) is 2.50. The number of nitrogen functional groups attached to an aromatic ring is 1. The quantitative estimate of drug-likeness (QED) is 0.667. The van der Waals surface area contributed by atoms with E-state index in [9.17, 15) is 0 Å². The molecule has 0 spiro atoms. The first-order valence-electron chi connectivity index (χ1n) is 6.65. The number of anilines is 2. The van der Waals surface area contributed by atoms with Crippen LogP contribution in [-0.2, 0) is 4.74 Å². The maximum Gasteiger partial charge on any atom is 0.221 e. The van der Waals surface area contributed by atoms with Gasteiger partial charge in [-0.3, -0.25) is 0 Å². The van der Waals surface area contributed by atoms with Gasteiger partial charge in [0.05, 0.1) is 17.2 Å². The second-order valence-electron chi connectivity index (χ2n) is 5.26. The second-order valence-corrected chi connectivity index (χ2v) is 5.67. The van der Waals surface area contributed by atoms with E-state index in [2.05, 4.69) is 21.9 Å². The molecule has 0 saturated carbocycles. The molecule has 120 valence electrons. The van der Waals surface area contributed by atoms with Gasteiger partial charge in [0.1, 0.15) is 5.82 Å². The smallest absolute Gasteiger partial charge is 0.221 e. The second kappa shape index (κ2) is 7.82. The van der Waals surface area contributed by atoms with Crippen LogP contribution in [0.1, 0.15) is 19.4 Å². The topological polar surface area (TPSA) is 99.1 Å². The summed E-state index contributed by atoms with van der Waals surface area (Å²) in [6, 6.07) is 0. The average molecular weight is 324 g/mol. The maximum absolute atomic E-state index is 6.17. The molecule has 7 heteroatoms. The lowest BCUT2D eigenvalue weighted by atomic mass is 10.0. The number of rotatable bonds is 7. The minimum absolute atomic E-state index is 0.158. The largest absolute Gasteiger partial charge is 0.403 e. The van der Waals surface area contributed by atoms with Crippen molar-refractivity contribution in [2.75, 3.05) is 24.8 Å². The van der Waals surface area contributed by atoms with Gasteiger partial charge in [-0.15, -0.1) is 0 Å². The zero-order chi connectivity index (χ0) is 16.8. The van der Waals surface area contributed by atoms with Crippen molar-refractivity contribution in [2.24, 2.45) is 5.73 Å². The highest BCUT2D eigenvalue weighted by atomic mass is 35.5. The van der Waals surface area contributed by atoms with Crippen molar-refractivity contribution in [1.29, 1.82) is 0 Å². The zero-order valence-electron chi connectivity index (χ0n) is 13.1. The van der Waals surface area contributed by atoms with Crippen LogP contribution in [0.2, 0.25) is 0 Å². The highest BCUT2D eigenvalue weighted by Gasteiger charge is 2.22. The first-order chi connectivity index (χ1) is 10.3. The number of allylic oxidation sites excluding steroid dienone is 4. The monoisotopic (exact) mass is 323 g/mol. The van der Waals surface area contributed by atoms with Crippen molar-refractivity contribution in [3.05, 3.63) is 41.7 Å². The molecule has 1 aromatic rings. The van der Waals surface area contributed by atoms with Crippen LogP contribution < -0.4 is 16.8 Å². The molecule has 0 amide bonds. The SMILES string of the molecule is C=C/C=C(\C(Cl)=C/N)c1cnc(N)nc1NC(C)(C)COC. The van der Waals surface area contributed by atoms with Gasteiger partial charge in [0.15, 0.2) is 0 Å². The van der Waals surface area contributed by atoms with Gasteiger partial charge in [-0.2, -0.15) is 4.98 Å². The molecule has 22 heavy (non-hydrogen) atoms. The molecule has 1 heterocycles. The number of ether oxygens (including phenoxy) is 1. The fraction of sp³-hybridized carbons (Fsp3) is 0.333. The standard InChI is InChI=1S/C15H22ClN5O/c1-5-6-10(12(16)7-17)11-8-19-14(18)20-13(11)21-15(2,3)9-22-4/h5-8H,1,9,17H2,2-4H3,(H3,18,19,20,21)/b10-6-,12-7+. The third-order valence-corrected chi connectivity index (χ3v) is 3.08. The molecule has 5 N–H and O–H groups in total. The van der Waals surface area contributed by atoms with Crippen molar-refractivity contribution >= 4 is 28.9 Å². The Morgan fingerprint density at radius 3 is 2.77 bits per heavy atom. The Hall–Kier alpha value is -2.05. The molecule has 0 aliphatic rings. The number of nitrogens with zero attached hydrogens (tertiary/aromatic N) is 2. The maximum atomic E-state index is 6.17. The summed E-state index contributed by atoms with van der Waals surface area (Å²) in [7, 11) is 1.63. The van der Waals surface area contributed by atoms with E-state index in [1.54, 1.807) is 25.5 Å². The fourth-order valence-corrected chi connectivity index (χ4v) is 2.08. The van der Waals surface area contributed by atoms with Gasteiger partial charge in [0.25, 0.3) is 0 Å². The van der Waals surface area contributed by atoms with E-state index in [1.807, 2.05) is 13.8 Å². The van der Waals surface area contributed by atoms with Crippen LogP contribution in [0.25, 0.3) is 5.57 Å². The Balaban J connectivity index is 3.36. The summed E-state index contributed by atoms with van der Waals surface area (Å²) in [5.41, 5.74) is 12.2. The van der Waals surface area contributed by atoms with Crippen molar-refractivity contribution in [3.8, 4) is 0 Å². The third kappa shape index (κ3) is 4.75. The number of nitrogens with two attached hydrogens (primary N) is 2. The van der Waals surface area contributed by atoms with Crippen LogP contribution >= 0.6 is 11.6 Å². The number of hydrogen-bond acceptors (Lipinski definition) is 6. The summed E-state index contributed by atoms with van der Waals surface area (Å²) < 4.78 is 5.20. The molecule has 6 nitrogen and oxygen atoms in total. The number of methoxy groups -OCH3 is 1. The lowest BCUT2D eigenvalue weighted by Gasteiger charge is -2.27. The first kappa shape index (κ1) is 18.0. The van der Waals surface area contributed by atoms with Gasteiger partial charge >= 0.3 is 0 Å². The molecular formula is C15H22ClN5O. The van der Waals surface area contributed by atoms with E-state index in [4.69, 9.17) is 27.8 Å². The van der Waals surface area contributed by atoms with Crippen molar-refractivity contribution in [1.82, 2.24) is 9.97 Å².